The molecule has 0 saturated heterocycles. The van der Waals surface area contributed by atoms with E-state index < -0.39 is 0 Å². The van der Waals surface area contributed by atoms with Crippen molar-refractivity contribution in [3.8, 4) is 5.88 Å². The van der Waals surface area contributed by atoms with Crippen molar-refractivity contribution in [2.45, 2.75) is 50.6 Å². The number of nitrogens with one attached hydrogen (secondary N) is 1. The quantitative estimate of drug-likeness (QED) is 0.624. The van der Waals surface area contributed by atoms with E-state index in [-0.39, 0.29) is 5.37 Å². The predicted molar refractivity (Wildman–Crippen MR) is 72.6 cm³/mol. The Balaban J connectivity index is 1.79. The summed E-state index contributed by atoms with van der Waals surface area (Å²) in [5.74, 6) is 0.756. The summed E-state index contributed by atoms with van der Waals surface area (Å²) in [6, 6.07) is 4.60. The molecule has 1 aliphatic rings. The molecule has 4 heteroatoms. The molecule has 17 heavy (non-hydrogen) atoms. The number of hydrogen-bond acceptors (Lipinski definition) is 4. The normalized spacial score (nSPS) is 25.1. The second-order valence-corrected chi connectivity index (χ2v) is 5.38. The third-order valence-electron chi connectivity index (χ3n) is 3.07. The van der Waals surface area contributed by atoms with Crippen LogP contribution in [0.5, 0.6) is 5.88 Å². The van der Waals surface area contributed by atoms with Gasteiger partial charge in [-0.05, 0) is 37.8 Å². The van der Waals surface area contributed by atoms with E-state index in [4.69, 9.17) is 4.74 Å². The zero-order valence-electron chi connectivity index (χ0n) is 10.4. The van der Waals surface area contributed by atoms with Crippen molar-refractivity contribution in [3.63, 3.8) is 0 Å². The monoisotopic (exact) mass is 252 g/mol. The Kier molecular flexibility index (Phi) is 4.29. The van der Waals surface area contributed by atoms with Crippen LogP contribution in [-0.2, 0) is 6.42 Å². The van der Waals surface area contributed by atoms with Gasteiger partial charge in [0.2, 0.25) is 5.88 Å². The van der Waals surface area contributed by atoms with E-state index in [1.165, 1.54) is 5.56 Å². The van der Waals surface area contributed by atoms with Gasteiger partial charge in [-0.1, -0.05) is 6.92 Å². The molecule has 3 nitrogen and oxygen atoms in total. The van der Waals surface area contributed by atoms with E-state index in [1.54, 1.807) is 0 Å². The lowest BCUT2D eigenvalue weighted by atomic mass is 9.89. The number of thiol groups is 1. The van der Waals surface area contributed by atoms with Gasteiger partial charge in [-0.25, -0.2) is 4.98 Å². The minimum Gasteiger partial charge on any atom is -0.474 e. The highest BCUT2D eigenvalue weighted by Crippen LogP contribution is 2.25. The van der Waals surface area contributed by atoms with Crippen molar-refractivity contribution < 1.29 is 4.74 Å². The number of nitrogens with zero attached hydrogens (tertiary/aromatic N) is 1. The zero-order chi connectivity index (χ0) is 12.3. The van der Waals surface area contributed by atoms with Crippen LogP contribution >= 0.6 is 12.6 Å². The molecule has 1 N–H and O–H groups in total. The first-order valence-corrected chi connectivity index (χ1v) is 6.74. The minimum atomic E-state index is 0.252. The highest BCUT2D eigenvalue weighted by molar-refractivity contribution is 7.80. The van der Waals surface area contributed by atoms with Gasteiger partial charge >= 0.3 is 0 Å². The van der Waals surface area contributed by atoms with Crippen molar-refractivity contribution in [3.05, 3.63) is 23.9 Å². The Morgan fingerprint density at radius 3 is 3.00 bits per heavy atom. The Bertz CT molecular complexity index is 364. The van der Waals surface area contributed by atoms with Crippen molar-refractivity contribution in [2.24, 2.45) is 0 Å². The van der Waals surface area contributed by atoms with Gasteiger partial charge in [-0.2, -0.15) is 12.6 Å². The maximum Gasteiger partial charge on any atom is 0.213 e. The Morgan fingerprint density at radius 2 is 2.35 bits per heavy atom. The number of rotatable bonds is 5. The summed E-state index contributed by atoms with van der Waals surface area (Å²) in [5, 5.41) is 3.63. The van der Waals surface area contributed by atoms with E-state index in [0.717, 1.165) is 25.1 Å². The molecule has 94 valence electrons. The predicted octanol–water partition coefficient (Wildman–Crippen LogP) is 2.42. The van der Waals surface area contributed by atoms with Gasteiger partial charge in [-0.15, -0.1) is 0 Å². The molecule has 0 bridgehead atoms. The number of aryl methyl sites for hydroxylation is 1. The smallest absolute Gasteiger partial charge is 0.213 e. The van der Waals surface area contributed by atoms with Crippen molar-refractivity contribution >= 4 is 12.6 Å². The molecule has 1 saturated carbocycles. The molecule has 1 fully saturated rings. The fraction of sp³-hybridized carbons (Fsp3) is 0.615. The van der Waals surface area contributed by atoms with Crippen LogP contribution in [0.15, 0.2) is 18.3 Å². The molecular weight excluding hydrogens is 232 g/mol. The highest BCUT2D eigenvalue weighted by Gasteiger charge is 2.31. The third kappa shape index (κ3) is 3.61. The van der Waals surface area contributed by atoms with Gasteiger partial charge in [0.15, 0.2) is 0 Å². The van der Waals surface area contributed by atoms with E-state index in [1.807, 2.05) is 25.3 Å². The van der Waals surface area contributed by atoms with E-state index in [9.17, 15) is 0 Å². The first-order valence-electron chi connectivity index (χ1n) is 6.23. The summed E-state index contributed by atoms with van der Waals surface area (Å²) in [6.07, 6.45) is 5.23. The summed E-state index contributed by atoms with van der Waals surface area (Å²) in [5.41, 5.74) is 1.27. The Labute approximate surface area is 108 Å². The van der Waals surface area contributed by atoms with Crippen LogP contribution in [-0.4, -0.2) is 22.5 Å². The van der Waals surface area contributed by atoms with E-state index in [0.29, 0.717) is 12.1 Å². The average molecular weight is 252 g/mol. The number of hydrogen-bond donors (Lipinski definition) is 2. The molecule has 1 unspecified atom stereocenters. The van der Waals surface area contributed by atoms with Crippen LogP contribution in [0.3, 0.4) is 0 Å². The number of aromatic nitrogens is 1. The van der Waals surface area contributed by atoms with Gasteiger partial charge in [0.05, 0.1) is 0 Å². The molecule has 1 aromatic heterocycles. The Morgan fingerprint density at radius 1 is 1.59 bits per heavy atom. The van der Waals surface area contributed by atoms with Crippen LogP contribution in [0.2, 0.25) is 0 Å². The highest BCUT2D eigenvalue weighted by atomic mass is 32.1. The fourth-order valence-electron chi connectivity index (χ4n) is 2.04. The first-order chi connectivity index (χ1) is 8.17. The maximum absolute atomic E-state index is 5.83. The minimum absolute atomic E-state index is 0.252. The molecule has 2 rings (SSSR count). The van der Waals surface area contributed by atoms with Gasteiger partial charge in [-0.3, -0.25) is 0 Å². The second kappa shape index (κ2) is 5.74. The maximum atomic E-state index is 5.83. The molecule has 0 amide bonds. The SMILES string of the molecule is CCc1ccnc(OC2CC(NC(C)S)C2)c1. The number of ether oxygens (including phenoxy) is 1. The fourth-order valence-corrected chi connectivity index (χ4v) is 2.26. The largest absolute Gasteiger partial charge is 0.474 e. The lowest BCUT2D eigenvalue weighted by molar-refractivity contribution is 0.0801. The van der Waals surface area contributed by atoms with Gasteiger partial charge in [0.1, 0.15) is 6.10 Å². The van der Waals surface area contributed by atoms with Crippen LogP contribution in [0.4, 0.5) is 0 Å². The standard InChI is InChI=1S/C13H20N2OS/c1-3-10-4-5-14-13(6-10)16-12-7-11(8-12)15-9(2)17/h4-6,9,11-12,15,17H,3,7-8H2,1-2H3. The van der Waals surface area contributed by atoms with Crippen molar-refractivity contribution in [2.75, 3.05) is 0 Å². The molecule has 0 spiro atoms. The van der Waals surface area contributed by atoms with Crippen molar-refractivity contribution in [1.82, 2.24) is 10.3 Å². The zero-order valence-corrected chi connectivity index (χ0v) is 11.3. The Hall–Kier alpha value is -0.740. The molecule has 1 aliphatic carbocycles. The molecular formula is C13H20N2OS. The summed E-state index contributed by atoms with van der Waals surface area (Å²) >= 11 is 4.32. The van der Waals surface area contributed by atoms with E-state index >= 15 is 0 Å². The molecule has 1 heterocycles. The van der Waals surface area contributed by atoms with E-state index in [2.05, 4.69) is 29.9 Å². The molecule has 1 aromatic rings. The molecule has 0 radical (unpaired) electrons. The lowest BCUT2D eigenvalue weighted by Gasteiger charge is -2.36. The van der Waals surface area contributed by atoms with Crippen LogP contribution in [0, 0.1) is 0 Å². The van der Waals surface area contributed by atoms with Gasteiger partial charge in [0, 0.05) is 23.7 Å². The average Bonchev–Trinajstić information content (AvgIpc) is 2.26. The molecule has 1 atom stereocenters. The lowest BCUT2D eigenvalue weighted by Crippen LogP contribution is -2.48. The first kappa shape index (κ1) is 12.7. The van der Waals surface area contributed by atoms with Crippen LogP contribution < -0.4 is 10.1 Å². The summed E-state index contributed by atoms with van der Waals surface area (Å²) < 4.78 is 5.83. The van der Waals surface area contributed by atoms with Gasteiger partial charge < -0.3 is 10.1 Å². The van der Waals surface area contributed by atoms with Crippen LogP contribution in [0.1, 0.15) is 32.3 Å². The number of pyridine rings is 1. The topological polar surface area (TPSA) is 34.1 Å². The van der Waals surface area contributed by atoms with Gasteiger partial charge in [0.25, 0.3) is 0 Å². The molecule has 0 aromatic carbocycles. The summed E-state index contributed by atoms with van der Waals surface area (Å²) in [4.78, 5) is 4.24. The summed E-state index contributed by atoms with van der Waals surface area (Å²) in [6.45, 7) is 4.18. The third-order valence-corrected chi connectivity index (χ3v) is 3.22. The molecule has 0 aliphatic heterocycles. The summed E-state index contributed by atoms with van der Waals surface area (Å²) in [7, 11) is 0. The second-order valence-electron chi connectivity index (χ2n) is 4.61. The van der Waals surface area contributed by atoms with Crippen LogP contribution in [0.25, 0.3) is 0 Å². The van der Waals surface area contributed by atoms with Crippen molar-refractivity contribution in [1.29, 1.82) is 0 Å².